The van der Waals surface area contributed by atoms with Crippen LogP contribution in [0.15, 0.2) is 83.4 Å². The molecule has 0 aromatic heterocycles. The quantitative estimate of drug-likeness (QED) is 0.299. The number of carboxylic acid groups (broad SMARTS) is 1. The normalized spacial score (nSPS) is 21.9. The fraction of sp³-hybridized carbons (Fsp3) is 0.250. The van der Waals surface area contributed by atoms with E-state index in [0.717, 1.165) is 16.7 Å². The molecule has 1 heterocycles. The smallest absolute Gasteiger partial charge is 0.341 e. The molecular weight excluding hydrogens is 535 g/mol. The molecule has 1 saturated heterocycles. The summed E-state index contributed by atoms with van der Waals surface area (Å²) in [6, 6.07) is 20.2. The monoisotopic (exact) mass is 558 g/mol. The highest BCUT2D eigenvalue weighted by atomic mass is 79.9. The van der Waals surface area contributed by atoms with Crippen molar-refractivity contribution >= 4 is 33.5 Å². The highest BCUT2D eigenvalue weighted by Gasteiger charge is 2.42. The Kier molecular flexibility index (Phi) is 7.95. The first-order chi connectivity index (χ1) is 16.7. The van der Waals surface area contributed by atoms with Crippen molar-refractivity contribution in [3.63, 3.8) is 0 Å². The lowest BCUT2D eigenvalue weighted by Gasteiger charge is -2.43. The molecule has 3 aromatic rings. The molecule has 4 rings (SSSR count). The summed E-state index contributed by atoms with van der Waals surface area (Å²) in [5.41, 5.74) is 3.39. The Morgan fingerprint density at radius 1 is 1.14 bits per heavy atom. The lowest BCUT2D eigenvalue weighted by Crippen LogP contribution is -2.32. The summed E-state index contributed by atoms with van der Waals surface area (Å²) in [4.78, 5) is 11.2. The molecule has 1 aliphatic rings. The van der Waals surface area contributed by atoms with E-state index in [2.05, 4.69) is 34.6 Å². The van der Waals surface area contributed by atoms with Gasteiger partial charge in [0.05, 0.1) is 16.7 Å². The molecule has 1 aliphatic heterocycles. The molecule has 1 N–H and O–H groups in total. The van der Waals surface area contributed by atoms with E-state index in [-0.39, 0.29) is 23.7 Å². The Balaban J connectivity index is 1.83. The third-order valence-electron chi connectivity index (χ3n) is 6.27. The van der Waals surface area contributed by atoms with E-state index in [4.69, 9.17) is 26.2 Å². The number of benzene rings is 3. The molecule has 4 atom stereocenters. The van der Waals surface area contributed by atoms with Gasteiger partial charge >= 0.3 is 5.97 Å². The summed E-state index contributed by atoms with van der Waals surface area (Å²) in [5.74, 6) is -1.51. The number of halogens is 3. The highest BCUT2D eigenvalue weighted by molar-refractivity contribution is 9.10. The van der Waals surface area contributed by atoms with Crippen LogP contribution >= 0.6 is 27.5 Å². The molecule has 1 fully saturated rings. The van der Waals surface area contributed by atoms with E-state index in [1.807, 2.05) is 49.4 Å². The minimum Gasteiger partial charge on any atom is -0.480 e. The second-order valence-electron chi connectivity index (χ2n) is 8.72. The van der Waals surface area contributed by atoms with Gasteiger partial charge in [0.15, 0.2) is 6.61 Å². The number of aliphatic carboxylic acids is 1. The Hall–Kier alpha value is -2.67. The minimum atomic E-state index is -1.13. The fourth-order valence-electron chi connectivity index (χ4n) is 4.67. The van der Waals surface area contributed by atoms with Crippen LogP contribution in [0.1, 0.15) is 48.2 Å². The zero-order chi connectivity index (χ0) is 25.1. The Bertz CT molecular complexity index is 1220. The molecule has 7 heteroatoms. The maximum atomic E-state index is 14.6. The molecular formula is C28H25BrClFO4. The summed E-state index contributed by atoms with van der Waals surface area (Å²) in [6.07, 6.45) is -0.266. The van der Waals surface area contributed by atoms with E-state index in [1.165, 1.54) is 12.1 Å². The number of carbonyl (C=O) groups is 1. The molecule has 182 valence electrons. The maximum absolute atomic E-state index is 14.6. The van der Waals surface area contributed by atoms with Crippen molar-refractivity contribution in [2.45, 2.75) is 31.5 Å². The van der Waals surface area contributed by atoms with E-state index in [1.54, 1.807) is 0 Å². The summed E-state index contributed by atoms with van der Waals surface area (Å²) in [7, 11) is 0. The van der Waals surface area contributed by atoms with Gasteiger partial charge in [0, 0.05) is 22.4 Å². The lowest BCUT2D eigenvalue weighted by molar-refractivity contribution is -0.139. The average molecular weight is 560 g/mol. The first-order valence-electron chi connectivity index (χ1n) is 11.2. The fourth-order valence-corrected chi connectivity index (χ4v) is 5.36. The molecule has 0 radical (unpaired) electrons. The predicted octanol–water partition coefficient (Wildman–Crippen LogP) is 7.88. The highest BCUT2D eigenvalue weighted by Crippen LogP contribution is 2.53. The first kappa shape index (κ1) is 25.4. The van der Waals surface area contributed by atoms with Gasteiger partial charge in [0.2, 0.25) is 0 Å². The van der Waals surface area contributed by atoms with E-state index >= 15 is 0 Å². The largest absolute Gasteiger partial charge is 0.480 e. The van der Waals surface area contributed by atoms with Gasteiger partial charge in [-0.15, -0.1) is 0 Å². The topological polar surface area (TPSA) is 55.8 Å². The van der Waals surface area contributed by atoms with Crippen LogP contribution in [-0.2, 0) is 9.53 Å². The summed E-state index contributed by atoms with van der Waals surface area (Å²) >= 11 is 9.48. The first-order valence-corrected chi connectivity index (χ1v) is 12.4. The van der Waals surface area contributed by atoms with Crippen LogP contribution in [0.2, 0.25) is 5.02 Å². The Labute approximate surface area is 217 Å². The van der Waals surface area contributed by atoms with Gasteiger partial charge in [-0.2, -0.15) is 0 Å². The Morgan fingerprint density at radius 2 is 1.83 bits per heavy atom. The molecule has 0 aliphatic carbocycles. The van der Waals surface area contributed by atoms with Crippen LogP contribution in [0.5, 0.6) is 5.75 Å². The van der Waals surface area contributed by atoms with Gasteiger partial charge in [-0.1, -0.05) is 66.2 Å². The zero-order valence-corrected chi connectivity index (χ0v) is 21.4. The molecule has 3 aromatic carbocycles. The third kappa shape index (κ3) is 5.77. The molecule has 0 amide bonds. The number of ether oxygens (including phenoxy) is 2. The Morgan fingerprint density at radius 3 is 2.46 bits per heavy atom. The van der Waals surface area contributed by atoms with E-state index < -0.39 is 24.5 Å². The van der Waals surface area contributed by atoms with Crippen molar-refractivity contribution < 1.29 is 23.8 Å². The maximum Gasteiger partial charge on any atom is 0.341 e. The van der Waals surface area contributed by atoms with Crippen LogP contribution in [0.3, 0.4) is 0 Å². The van der Waals surface area contributed by atoms with Gasteiger partial charge in [0.25, 0.3) is 0 Å². The lowest BCUT2D eigenvalue weighted by atomic mass is 9.74. The van der Waals surface area contributed by atoms with Crippen molar-refractivity contribution in [1.29, 1.82) is 0 Å². The number of rotatable bonds is 7. The molecule has 4 nitrogen and oxygen atoms in total. The van der Waals surface area contributed by atoms with Gasteiger partial charge in [-0.05, 0) is 64.7 Å². The van der Waals surface area contributed by atoms with Crippen LogP contribution < -0.4 is 4.74 Å². The van der Waals surface area contributed by atoms with Gasteiger partial charge < -0.3 is 14.6 Å². The molecule has 0 unspecified atom stereocenters. The van der Waals surface area contributed by atoms with E-state index in [9.17, 15) is 9.18 Å². The van der Waals surface area contributed by atoms with E-state index in [0.29, 0.717) is 21.5 Å². The molecule has 35 heavy (non-hydrogen) atoms. The molecule has 0 bridgehead atoms. The average Bonchev–Trinajstić information content (AvgIpc) is 2.83. The van der Waals surface area contributed by atoms with Crippen LogP contribution in [0, 0.1) is 11.7 Å². The number of hydrogen-bond donors (Lipinski definition) is 1. The molecule has 0 saturated carbocycles. The minimum absolute atomic E-state index is 0.00992. The summed E-state index contributed by atoms with van der Waals surface area (Å²) in [5, 5.41) is 9.79. The SMILES string of the molecule is C=C(C)[C@H]1C[C@H](c2ccccc2)[C@H](c2ccc(Cl)cc2)O[C@@H]1c1cc(F)cc(Br)c1OCC(=O)O. The number of carboxylic acids is 1. The summed E-state index contributed by atoms with van der Waals surface area (Å²) in [6.45, 7) is 5.57. The predicted molar refractivity (Wildman–Crippen MR) is 137 cm³/mol. The molecule has 0 spiro atoms. The van der Waals surface area contributed by atoms with Crippen molar-refractivity contribution in [2.24, 2.45) is 5.92 Å². The van der Waals surface area contributed by atoms with Crippen LogP contribution in [0.25, 0.3) is 0 Å². The third-order valence-corrected chi connectivity index (χ3v) is 7.12. The zero-order valence-electron chi connectivity index (χ0n) is 19.1. The number of hydrogen-bond acceptors (Lipinski definition) is 3. The van der Waals surface area contributed by atoms with Crippen LogP contribution in [-0.4, -0.2) is 17.7 Å². The second kappa shape index (κ2) is 10.9. The second-order valence-corrected chi connectivity index (χ2v) is 10.0. The van der Waals surface area contributed by atoms with Crippen molar-refractivity contribution in [2.75, 3.05) is 6.61 Å². The van der Waals surface area contributed by atoms with Crippen LogP contribution in [0.4, 0.5) is 4.39 Å². The van der Waals surface area contributed by atoms with Gasteiger partial charge in [-0.25, -0.2) is 9.18 Å². The summed E-state index contributed by atoms with van der Waals surface area (Å²) < 4.78 is 27.3. The standard InChI is InChI=1S/C28H25BrClFO4/c1-16(2)21-14-22(17-6-4-3-5-7-17)26(18-8-10-19(30)11-9-18)35-27(21)23-12-20(31)13-24(29)28(23)34-15-25(32)33/h3-13,21-22,26-27H,1,14-15H2,2H3,(H,32,33)/t21-,22-,26+,27+/m1/s1. The van der Waals surface area contributed by atoms with Crippen molar-refractivity contribution in [3.05, 3.63) is 111 Å². The van der Waals surface area contributed by atoms with Gasteiger partial charge in [-0.3, -0.25) is 0 Å². The van der Waals surface area contributed by atoms with Crippen molar-refractivity contribution in [1.82, 2.24) is 0 Å². The van der Waals surface area contributed by atoms with Crippen molar-refractivity contribution in [3.8, 4) is 5.75 Å². The van der Waals surface area contributed by atoms with Gasteiger partial charge in [0.1, 0.15) is 11.6 Å².